The lowest BCUT2D eigenvalue weighted by Crippen LogP contribution is -2.40. The van der Waals surface area contributed by atoms with Crippen LogP contribution in [0.25, 0.3) is 5.69 Å². The first kappa shape index (κ1) is 10.5. The summed E-state index contributed by atoms with van der Waals surface area (Å²) in [5.41, 5.74) is 5.17. The van der Waals surface area contributed by atoms with E-state index in [1.165, 1.54) is 22.5 Å². The number of aromatic nitrogens is 2. The predicted molar refractivity (Wildman–Crippen MR) is 68.6 cm³/mol. The SMILES string of the molecule is Cc1ccc(-n2cncc2C2CNC2)c(C)c1. The van der Waals surface area contributed by atoms with Crippen molar-refractivity contribution in [3.63, 3.8) is 0 Å². The van der Waals surface area contributed by atoms with Gasteiger partial charge in [0.05, 0.1) is 6.33 Å². The monoisotopic (exact) mass is 227 g/mol. The van der Waals surface area contributed by atoms with Gasteiger partial charge in [-0.3, -0.25) is 0 Å². The van der Waals surface area contributed by atoms with Crippen LogP contribution in [0.5, 0.6) is 0 Å². The van der Waals surface area contributed by atoms with E-state index in [9.17, 15) is 0 Å². The van der Waals surface area contributed by atoms with E-state index in [1.54, 1.807) is 0 Å². The fourth-order valence-electron chi connectivity index (χ4n) is 2.38. The molecule has 3 rings (SSSR count). The number of aryl methyl sites for hydroxylation is 2. The van der Waals surface area contributed by atoms with Crippen molar-refractivity contribution < 1.29 is 0 Å². The quantitative estimate of drug-likeness (QED) is 0.852. The van der Waals surface area contributed by atoms with Crippen molar-refractivity contribution in [3.05, 3.63) is 47.5 Å². The van der Waals surface area contributed by atoms with Crippen LogP contribution >= 0.6 is 0 Å². The second-order valence-electron chi connectivity index (χ2n) is 4.83. The molecule has 2 heterocycles. The first-order valence-corrected chi connectivity index (χ1v) is 6.06. The summed E-state index contributed by atoms with van der Waals surface area (Å²) >= 11 is 0. The predicted octanol–water partition coefficient (Wildman–Crippen LogP) is 2.18. The highest BCUT2D eigenvalue weighted by atomic mass is 15.1. The van der Waals surface area contributed by atoms with Gasteiger partial charge < -0.3 is 9.88 Å². The molecule has 1 aromatic carbocycles. The van der Waals surface area contributed by atoms with Crippen LogP contribution < -0.4 is 5.32 Å². The van der Waals surface area contributed by atoms with Crippen LogP contribution in [0, 0.1) is 13.8 Å². The van der Waals surface area contributed by atoms with Gasteiger partial charge in [-0.15, -0.1) is 0 Å². The normalized spacial score (nSPS) is 15.9. The summed E-state index contributed by atoms with van der Waals surface area (Å²) in [6.45, 7) is 6.42. The zero-order valence-electron chi connectivity index (χ0n) is 10.3. The Hall–Kier alpha value is -1.61. The first-order valence-electron chi connectivity index (χ1n) is 6.06. The second kappa shape index (κ2) is 4.00. The molecule has 1 N–H and O–H groups in total. The van der Waals surface area contributed by atoms with Gasteiger partial charge in [0.1, 0.15) is 0 Å². The summed E-state index contributed by atoms with van der Waals surface area (Å²) in [5, 5.41) is 3.31. The maximum atomic E-state index is 4.30. The Bertz CT molecular complexity index is 538. The zero-order valence-corrected chi connectivity index (χ0v) is 10.3. The maximum Gasteiger partial charge on any atom is 0.0994 e. The maximum absolute atomic E-state index is 4.30. The number of hydrogen-bond donors (Lipinski definition) is 1. The molecule has 0 amide bonds. The van der Waals surface area contributed by atoms with Crippen LogP contribution in [0.1, 0.15) is 22.7 Å². The Morgan fingerprint density at radius 1 is 1.29 bits per heavy atom. The molecule has 1 aliphatic rings. The van der Waals surface area contributed by atoms with Gasteiger partial charge in [-0.2, -0.15) is 0 Å². The minimum Gasteiger partial charge on any atom is -0.315 e. The van der Waals surface area contributed by atoms with Crippen molar-refractivity contribution in [2.24, 2.45) is 0 Å². The van der Waals surface area contributed by atoms with Crippen molar-refractivity contribution in [1.29, 1.82) is 0 Å². The van der Waals surface area contributed by atoms with Gasteiger partial charge in [-0.1, -0.05) is 17.7 Å². The molecule has 88 valence electrons. The lowest BCUT2D eigenvalue weighted by molar-refractivity contribution is 0.435. The van der Waals surface area contributed by atoms with Gasteiger partial charge in [0.25, 0.3) is 0 Å². The Kier molecular flexibility index (Phi) is 2.48. The van der Waals surface area contributed by atoms with Crippen LogP contribution in [-0.2, 0) is 0 Å². The third kappa shape index (κ3) is 1.76. The molecular weight excluding hydrogens is 210 g/mol. The van der Waals surface area contributed by atoms with Crippen LogP contribution in [0.3, 0.4) is 0 Å². The molecule has 0 atom stereocenters. The van der Waals surface area contributed by atoms with Gasteiger partial charge in [0.15, 0.2) is 0 Å². The van der Waals surface area contributed by atoms with Gasteiger partial charge in [-0.05, 0) is 25.5 Å². The third-order valence-electron chi connectivity index (χ3n) is 3.48. The number of imidazole rings is 1. The highest BCUT2D eigenvalue weighted by Gasteiger charge is 2.23. The second-order valence-corrected chi connectivity index (χ2v) is 4.83. The number of hydrogen-bond acceptors (Lipinski definition) is 2. The third-order valence-corrected chi connectivity index (χ3v) is 3.48. The standard InChI is InChI=1S/C14H17N3/c1-10-3-4-13(11(2)5-10)17-9-16-8-14(17)12-6-15-7-12/h3-5,8-9,12,15H,6-7H2,1-2H3. The number of benzene rings is 1. The Labute approximate surface area is 101 Å². The number of rotatable bonds is 2. The number of nitrogens with zero attached hydrogens (tertiary/aromatic N) is 2. The van der Waals surface area contributed by atoms with E-state index < -0.39 is 0 Å². The lowest BCUT2D eigenvalue weighted by Gasteiger charge is -2.28. The van der Waals surface area contributed by atoms with Crippen molar-refractivity contribution >= 4 is 0 Å². The minimum atomic E-state index is 0.609. The summed E-state index contributed by atoms with van der Waals surface area (Å²) in [5.74, 6) is 0.609. The number of nitrogens with one attached hydrogen (secondary N) is 1. The van der Waals surface area contributed by atoms with E-state index >= 15 is 0 Å². The molecule has 0 saturated carbocycles. The molecule has 0 bridgehead atoms. The Morgan fingerprint density at radius 3 is 2.76 bits per heavy atom. The van der Waals surface area contributed by atoms with Crippen LogP contribution in [0.4, 0.5) is 0 Å². The Morgan fingerprint density at radius 2 is 2.12 bits per heavy atom. The summed E-state index contributed by atoms with van der Waals surface area (Å²) < 4.78 is 2.22. The average molecular weight is 227 g/mol. The van der Waals surface area contributed by atoms with E-state index in [0.717, 1.165) is 13.1 Å². The van der Waals surface area contributed by atoms with E-state index in [4.69, 9.17) is 0 Å². The summed E-state index contributed by atoms with van der Waals surface area (Å²) in [4.78, 5) is 4.30. The van der Waals surface area contributed by atoms with E-state index in [1.807, 2.05) is 12.5 Å². The van der Waals surface area contributed by atoms with Gasteiger partial charge in [0, 0.05) is 36.6 Å². The fraction of sp³-hybridized carbons (Fsp3) is 0.357. The van der Waals surface area contributed by atoms with Crippen molar-refractivity contribution in [2.45, 2.75) is 19.8 Å². The summed E-state index contributed by atoms with van der Waals surface area (Å²) in [6, 6.07) is 6.56. The lowest BCUT2D eigenvalue weighted by atomic mass is 9.99. The van der Waals surface area contributed by atoms with Gasteiger partial charge in [-0.25, -0.2) is 4.98 Å². The molecule has 1 aromatic heterocycles. The highest BCUT2D eigenvalue weighted by Crippen LogP contribution is 2.24. The van der Waals surface area contributed by atoms with E-state index in [2.05, 4.69) is 46.9 Å². The first-order chi connectivity index (χ1) is 8.25. The molecule has 3 heteroatoms. The molecule has 0 radical (unpaired) electrons. The highest BCUT2D eigenvalue weighted by molar-refractivity contribution is 5.44. The average Bonchev–Trinajstić information content (AvgIpc) is 2.64. The van der Waals surface area contributed by atoms with Crippen molar-refractivity contribution in [3.8, 4) is 5.69 Å². The van der Waals surface area contributed by atoms with Crippen molar-refractivity contribution in [1.82, 2.24) is 14.9 Å². The molecular formula is C14H17N3. The summed E-state index contributed by atoms with van der Waals surface area (Å²) in [6.07, 6.45) is 3.91. The molecule has 17 heavy (non-hydrogen) atoms. The summed E-state index contributed by atoms with van der Waals surface area (Å²) in [7, 11) is 0. The van der Waals surface area contributed by atoms with E-state index in [-0.39, 0.29) is 0 Å². The van der Waals surface area contributed by atoms with Crippen LogP contribution in [-0.4, -0.2) is 22.6 Å². The minimum absolute atomic E-state index is 0.609. The molecule has 0 aliphatic carbocycles. The molecule has 1 fully saturated rings. The molecule has 1 aliphatic heterocycles. The molecule has 0 unspecified atom stereocenters. The Balaban J connectivity index is 2.05. The topological polar surface area (TPSA) is 29.9 Å². The zero-order chi connectivity index (χ0) is 11.8. The van der Waals surface area contributed by atoms with Crippen LogP contribution in [0.2, 0.25) is 0 Å². The molecule has 2 aromatic rings. The largest absolute Gasteiger partial charge is 0.315 e. The molecule has 3 nitrogen and oxygen atoms in total. The fourth-order valence-corrected chi connectivity index (χ4v) is 2.38. The van der Waals surface area contributed by atoms with Gasteiger partial charge in [0.2, 0.25) is 0 Å². The molecule has 0 spiro atoms. The van der Waals surface area contributed by atoms with Gasteiger partial charge >= 0.3 is 0 Å². The van der Waals surface area contributed by atoms with Crippen LogP contribution in [0.15, 0.2) is 30.7 Å². The van der Waals surface area contributed by atoms with E-state index in [0.29, 0.717) is 5.92 Å². The molecule has 1 saturated heterocycles. The smallest absolute Gasteiger partial charge is 0.0994 e. The van der Waals surface area contributed by atoms with Crippen molar-refractivity contribution in [2.75, 3.05) is 13.1 Å².